The van der Waals surface area contributed by atoms with Gasteiger partial charge >= 0.3 is 0 Å². The first-order chi connectivity index (χ1) is 18.9. The zero-order valence-electron chi connectivity index (χ0n) is 21.7. The molecule has 0 aliphatic heterocycles. The molecule has 0 bridgehead atoms. The average Bonchev–Trinajstić information content (AvgIpc) is 3.40. The summed E-state index contributed by atoms with van der Waals surface area (Å²) in [6.07, 6.45) is 2.40. The second kappa shape index (κ2) is 11.2. The van der Waals surface area contributed by atoms with Crippen molar-refractivity contribution in [2.75, 3.05) is 14.2 Å². The van der Waals surface area contributed by atoms with E-state index in [1.807, 2.05) is 38.1 Å². The minimum atomic E-state index is -0.335. The molecule has 0 aliphatic rings. The number of hydrogen-bond donors (Lipinski definition) is 0. The molecule has 39 heavy (non-hydrogen) atoms. The van der Waals surface area contributed by atoms with Crippen molar-refractivity contribution in [3.05, 3.63) is 79.5 Å². The van der Waals surface area contributed by atoms with E-state index in [1.165, 1.54) is 4.68 Å². The summed E-state index contributed by atoms with van der Waals surface area (Å²) < 4.78 is 25.9. The van der Waals surface area contributed by atoms with Crippen LogP contribution in [0.3, 0.4) is 0 Å². The van der Waals surface area contributed by atoms with Crippen LogP contribution in [0.2, 0.25) is 0 Å². The number of benzene rings is 3. The van der Waals surface area contributed by atoms with Gasteiger partial charge in [0, 0.05) is 10.0 Å². The monoisotopic (exact) mass is 653 g/mol. The second-order valence-corrected chi connectivity index (χ2v) is 10.3. The molecule has 5 aromatic rings. The number of halogens is 2. The molecule has 0 radical (unpaired) electrons. The Bertz CT molecular complexity index is 1780. The predicted octanol–water partition coefficient (Wildman–Crippen LogP) is 7.41. The van der Waals surface area contributed by atoms with Crippen LogP contribution in [0, 0.1) is 0 Å². The number of methoxy groups -OCH3 is 2. The first kappa shape index (κ1) is 27.0. The summed E-state index contributed by atoms with van der Waals surface area (Å²) in [7, 11) is 3.17. The lowest BCUT2D eigenvalue weighted by atomic mass is 10.2. The van der Waals surface area contributed by atoms with Crippen molar-refractivity contribution >= 4 is 59.9 Å². The van der Waals surface area contributed by atoms with Crippen molar-refractivity contribution in [3.8, 4) is 28.8 Å². The maximum absolute atomic E-state index is 13.6. The van der Waals surface area contributed by atoms with E-state index in [1.54, 1.807) is 50.8 Å². The number of aromatic nitrogens is 2. The minimum Gasteiger partial charge on any atom is -0.496 e. The van der Waals surface area contributed by atoms with Gasteiger partial charge in [-0.15, -0.1) is 0 Å². The average molecular weight is 655 g/mol. The van der Waals surface area contributed by atoms with Gasteiger partial charge in [0.2, 0.25) is 5.82 Å². The standard InChI is InChI=1S/C29H25Br2N3O5/c1-5-16(2)38-27-23(37-4)13-17(25(30)26(27)31)15-32-34-28(33-20-10-7-6-9-18(20)29(34)35)24-14-19-21(36-3)11-8-12-22(19)39-24/h6-16H,5H2,1-4H3/t16-/m1/s1. The lowest BCUT2D eigenvalue weighted by molar-refractivity contribution is 0.206. The molecule has 0 saturated carbocycles. The molecule has 0 saturated heterocycles. The lowest BCUT2D eigenvalue weighted by Crippen LogP contribution is -2.20. The number of ether oxygens (including phenoxy) is 3. The summed E-state index contributed by atoms with van der Waals surface area (Å²) in [5, 5.41) is 5.78. The van der Waals surface area contributed by atoms with E-state index in [9.17, 15) is 4.79 Å². The van der Waals surface area contributed by atoms with Gasteiger partial charge in [0.25, 0.3) is 5.56 Å². The largest absolute Gasteiger partial charge is 0.496 e. The van der Waals surface area contributed by atoms with Crippen LogP contribution in [-0.4, -0.2) is 36.2 Å². The van der Waals surface area contributed by atoms with Crippen molar-refractivity contribution in [3.63, 3.8) is 0 Å². The van der Waals surface area contributed by atoms with Crippen LogP contribution in [0.1, 0.15) is 25.8 Å². The van der Waals surface area contributed by atoms with Crippen LogP contribution in [-0.2, 0) is 0 Å². The molecule has 0 amide bonds. The van der Waals surface area contributed by atoms with Crippen molar-refractivity contribution in [2.45, 2.75) is 26.4 Å². The van der Waals surface area contributed by atoms with E-state index in [-0.39, 0.29) is 17.5 Å². The summed E-state index contributed by atoms with van der Waals surface area (Å²) >= 11 is 7.25. The van der Waals surface area contributed by atoms with Crippen LogP contribution >= 0.6 is 31.9 Å². The van der Waals surface area contributed by atoms with E-state index in [0.29, 0.717) is 54.0 Å². The molecule has 1 atom stereocenters. The van der Waals surface area contributed by atoms with Gasteiger partial charge in [-0.1, -0.05) is 25.1 Å². The normalized spacial score (nSPS) is 12.4. The fraction of sp³-hybridized carbons (Fsp3) is 0.207. The molecule has 0 aliphatic carbocycles. The Morgan fingerprint density at radius 2 is 1.79 bits per heavy atom. The Hall–Kier alpha value is -3.63. The fourth-order valence-corrected chi connectivity index (χ4v) is 4.99. The smallest absolute Gasteiger partial charge is 0.282 e. The van der Waals surface area contributed by atoms with Crippen molar-refractivity contribution in [1.29, 1.82) is 0 Å². The van der Waals surface area contributed by atoms with Crippen LogP contribution in [0.25, 0.3) is 33.5 Å². The molecule has 0 N–H and O–H groups in total. The number of hydrogen-bond acceptors (Lipinski definition) is 7. The molecule has 200 valence electrons. The zero-order valence-corrected chi connectivity index (χ0v) is 24.9. The SMILES string of the molecule is CC[C@@H](C)Oc1c(OC)cc(C=Nn2c(-c3cc4c(OC)cccc4o3)nc3ccccc3c2=O)c(Br)c1Br. The fourth-order valence-electron chi connectivity index (χ4n) is 4.08. The number of fused-ring (bicyclic) bond motifs is 2. The van der Waals surface area contributed by atoms with Crippen LogP contribution in [0.4, 0.5) is 0 Å². The Morgan fingerprint density at radius 3 is 2.54 bits per heavy atom. The molecule has 10 heteroatoms. The Labute approximate surface area is 241 Å². The number of nitrogens with zero attached hydrogens (tertiary/aromatic N) is 3. The molecule has 2 aromatic heterocycles. The molecule has 2 heterocycles. The molecule has 0 fully saturated rings. The highest BCUT2D eigenvalue weighted by atomic mass is 79.9. The van der Waals surface area contributed by atoms with Crippen LogP contribution < -0.4 is 19.8 Å². The molecule has 0 spiro atoms. The summed E-state index contributed by atoms with van der Waals surface area (Å²) in [5.74, 6) is 2.40. The maximum atomic E-state index is 13.6. The number of para-hydroxylation sites is 1. The molecular weight excluding hydrogens is 630 g/mol. The van der Waals surface area contributed by atoms with Crippen molar-refractivity contribution in [2.24, 2.45) is 5.10 Å². The Kier molecular flexibility index (Phi) is 7.76. The van der Waals surface area contributed by atoms with Crippen molar-refractivity contribution in [1.82, 2.24) is 9.66 Å². The molecule has 8 nitrogen and oxygen atoms in total. The first-order valence-corrected chi connectivity index (χ1v) is 13.8. The quantitative estimate of drug-likeness (QED) is 0.162. The van der Waals surface area contributed by atoms with Gasteiger partial charge in [-0.25, -0.2) is 4.98 Å². The Balaban J connectivity index is 1.68. The third-order valence-corrected chi connectivity index (χ3v) is 8.44. The van der Waals surface area contributed by atoms with E-state index in [4.69, 9.17) is 23.6 Å². The van der Waals surface area contributed by atoms with Gasteiger partial charge < -0.3 is 18.6 Å². The van der Waals surface area contributed by atoms with Gasteiger partial charge in [-0.05, 0) is 81.6 Å². The summed E-state index contributed by atoms with van der Waals surface area (Å²) in [6.45, 7) is 4.04. The molecule has 5 rings (SSSR count). The number of rotatable bonds is 8. The van der Waals surface area contributed by atoms with E-state index < -0.39 is 0 Å². The van der Waals surface area contributed by atoms with E-state index >= 15 is 0 Å². The molecule has 3 aromatic carbocycles. The zero-order chi connectivity index (χ0) is 27.7. The summed E-state index contributed by atoms with van der Waals surface area (Å²) in [4.78, 5) is 18.4. The topological polar surface area (TPSA) is 88.1 Å². The summed E-state index contributed by atoms with van der Waals surface area (Å²) in [5.41, 5.74) is 1.47. The third-order valence-electron chi connectivity index (χ3n) is 6.30. The van der Waals surface area contributed by atoms with Gasteiger partial charge in [-0.2, -0.15) is 9.78 Å². The lowest BCUT2D eigenvalue weighted by Gasteiger charge is -2.18. The van der Waals surface area contributed by atoms with E-state index in [0.717, 1.165) is 11.8 Å². The highest BCUT2D eigenvalue weighted by Gasteiger charge is 2.20. The van der Waals surface area contributed by atoms with Crippen molar-refractivity contribution < 1.29 is 18.6 Å². The summed E-state index contributed by atoms with van der Waals surface area (Å²) in [6, 6.07) is 16.2. The first-order valence-electron chi connectivity index (χ1n) is 12.2. The number of furan rings is 1. The molecule has 0 unspecified atom stereocenters. The predicted molar refractivity (Wildman–Crippen MR) is 160 cm³/mol. The van der Waals surface area contributed by atoms with Crippen LogP contribution in [0.15, 0.2) is 77.9 Å². The van der Waals surface area contributed by atoms with Gasteiger partial charge in [0.05, 0.1) is 47.3 Å². The highest BCUT2D eigenvalue weighted by Crippen LogP contribution is 2.43. The molecular formula is C29H25Br2N3O5. The highest BCUT2D eigenvalue weighted by molar-refractivity contribution is 9.13. The maximum Gasteiger partial charge on any atom is 0.282 e. The second-order valence-electron chi connectivity index (χ2n) is 8.76. The third kappa shape index (κ3) is 5.06. The van der Waals surface area contributed by atoms with Gasteiger partial charge in [-0.3, -0.25) is 4.79 Å². The Morgan fingerprint density at radius 1 is 1.03 bits per heavy atom. The minimum absolute atomic E-state index is 0.00569. The van der Waals surface area contributed by atoms with E-state index in [2.05, 4.69) is 37.0 Å². The van der Waals surface area contributed by atoms with Gasteiger partial charge in [0.1, 0.15) is 11.3 Å². The van der Waals surface area contributed by atoms with Crippen LogP contribution in [0.5, 0.6) is 17.2 Å². The van der Waals surface area contributed by atoms with Gasteiger partial charge in [0.15, 0.2) is 17.3 Å².